The van der Waals surface area contributed by atoms with E-state index >= 15 is 0 Å². The van der Waals surface area contributed by atoms with Crippen LogP contribution < -0.4 is 5.32 Å². The molecule has 1 aliphatic heterocycles. The minimum atomic E-state index is 0.463. The predicted molar refractivity (Wildman–Crippen MR) is 80.9 cm³/mol. The maximum absolute atomic E-state index is 5.03. The first-order valence-electron chi connectivity index (χ1n) is 7.71. The number of aryl methyl sites for hydroxylation is 2. The lowest BCUT2D eigenvalue weighted by Gasteiger charge is -2.32. The largest absolute Gasteiger partial charge is 0.340 e. The van der Waals surface area contributed by atoms with E-state index in [4.69, 9.17) is 4.52 Å². The summed E-state index contributed by atoms with van der Waals surface area (Å²) in [5.74, 6) is 1.39. The van der Waals surface area contributed by atoms with Crippen molar-refractivity contribution in [3.05, 3.63) is 35.5 Å². The van der Waals surface area contributed by atoms with Crippen molar-refractivity contribution in [2.75, 3.05) is 13.1 Å². The van der Waals surface area contributed by atoms with Gasteiger partial charge in [0.25, 0.3) is 0 Å². The van der Waals surface area contributed by atoms with Crippen LogP contribution >= 0.6 is 0 Å². The smallest absolute Gasteiger partial charge is 0.223 e. The molecule has 3 rings (SSSR count). The van der Waals surface area contributed by atoms with Crippen LogP contribution in [0, 0.1) is 13.8 Å². The van der Waals surface area contributed by atoms with Gasteiger partial charge in [0, 0.05) is 38.4 Å². The first-order valence-corrected chi connectivity index (χ1v) is 7.71. The lowest BCUT2D eigenvalue weighted by atomic mass is 10.1. The fraction of sp³-hybridized carbons (Fsp3) is 0.600. The zero-order valence-electron chi connectivity index (χ0n) is 13.1. The Bertz CT molecular complexity index is 596. The fourth-order valence-corrected chi connectivity index (χ4v) is 2.73. The van der Waals surface area contributed by atoms with Crippen LogP contribution in [-0.2, 0) is 13.1 Å². The molecule has 1 aliphatic rings. The average Bonchev–Trinajstić information content (AvgIpc) is 2.92. The van der Waals surface area contributed by atoms with Gasteiger partial charge >= 0.3 is 0 Å². The standard InChI is InChI=1S/C15H22N6O/c1-11-6-17-14(7-16-11)8-18-13-4-3-5-21(9-13)10-15-19-12(2)22-20-15/h6-7,13,18H,3-5,8-10H2,1-2H3. The van der Waals surface area contributed by atoms with Gasteiger partial charge in [-0.15, -0.1) is 0 Å². The molecule has 0 radical (unpaired) electrons. The van der Waals surface area contributed by atoms with Crippen molar-refractivity contribution in [3.63, 3.8) is 0 Å². The Morgan fingerprint density at radius 1 is 1.32 bits per heavy atom. The molecule has 0 spiro atoms. The lowest BCUT2D eigenvalue weighted by molar-refractivity contribution is 0.177. The third kappa shape index (κ3) is 4.08. The third-order valence-corrected chi connectivity index (χ3v) is 3.85. The highest BCUT2D eigenvalue weighted by molar-refractivity contribution is 5.00. The van der Waals surface area contributed by atoms with Crippen LogP contribution in [0.15, 0.2) is 16.9 Å². The van der Waals surface area contributed by atoms with Crippen LogP contribution in [0.5, 0.6) is 0 Å². The summed E-state index contributed by atoms with van der Waals surface area (Å²) in [5, 5.41) is 7.54. The van der Waals surface area contributed by atoms with Crippen molar-refractivity contribution in [2.45, 2.75) is 45.8 Å². The molecule has 7 heteroatoms. The Balaban J connectivity index is 1.49. The molecular formula is C15H22N6O. The van der Waals surface area contributed by atoms with Crippen molar-refractivity contribution in [3.8, 4) is 0 Å². The van der Waals surface area contributed by atoms with Gasteiger partial charge in [-0.3, -0.25) is 14.9 Å². The van der Waals surface area contributed by atoms with E-state index in [9.17, 15) is 0 Å². The molecule has 3 heterocycles. The normalized spacial score (nSPS) is 19.5. The van der Waals surface area contributed by atoms with Gasteiger partial charge in [-0.25, -0.2) is 0 Å². The molecule has 0 amide bonds. The van der Waals surface area contributed by atoms with Crippen molar-refractivity contribution in [1.29, 1.82) is 0 Å². The molecule has 1 fully saturated rings. The number of hydrogen-bond donors (Lipinski definition) is 1. The molecule has 0 bridgehead atoms. The van der Waals surface area contributed by atoms with Crippen molar-refractivity contribution in [1.82, 2.24) is 30.3 Å². The van der Waals surface area contributed by atoms with E-state index in [1.165, 1.54) is 12.8 Å². The van der Waals surface area contributed by atoms with E-state index in [0.717, 1.165) is 43.4 Å². The number of hydrogen-bond acceptors (Lipinski definition) is 7. The zero-order valence-corrected chi connectivity index (χ0v) is 13.1. The number of rotatable bonds is 5. The third-order valence-electron chi connectivity index (χ3n) is 3.85. The monoisotopic (exact) mass is 302 g/mol. The van der Waals surface area contributed by atoms with E-state index in [0.29, 0.717) is 11.9 Å². The Hall–Kier alpha value is -1.86. The topological polar surface area (TPSA) is 80.0 Å². The molecule has 1 atom stereocenters. The van der Waals surface area contributed by atoms with Crippen molar-refractivity contribution >= 4 is 0 Å². The first-order chi connectivity index (χ1) is 10.7. The van der Waals surface area contributed by atoms with Crippen LogP contribution in [0.4, 0.5) is 0 Å². The van der Waals surface area contributed by atoms with E-state index in [-0.39, 0.29) is 0 Å². The van der Waals surface area contributed by atoms with Crippen LogP contribution in [0.1, 0.15) is 35.9 Å². The second-order valence-corrected chi connectivity index (χ2v) is 5.83. The Morgan fingerprint density at radius 2 is 2.23 bits per heavy atom. The summed E-state index contributed by atoms with van der Waals surface area (Å²) in [5.41, 5.74) is 1.93. The predicted octanol–water partition coefficient (Wildman–Crippen LogP) is 1.23. The Morgan fingerprint density at radius 3 is 2.95 bits per heavy atom. The molecule has 0 aromatic carbocycles. The van der Waals surface area contributed by atoms with Gasteiger partial charge in [0.2, 0.25) is 5.89 Å². The summed E-state index contributed by atoms with van der Waals surface area (Å²) < 4.78 is 5.03. The minimum absolute atomic E-state index is 0.463. The Kier molecular flexibility index (Phi) is 4.74. The first kappa shape index (κ1) is 15.1. The van der Waals surface area contributed by atoms with Crippen molar-refractivity contribution in [2.24, 2.45) is 0 Å². The van der Waals surface area contributed by atoms with Crippen LogP contribution in [-0.4, -0.2) is 44.1 Å². The second-order valence-electron chi connectivity index (χ2n) is 5.83. The number of nitrogens with zero attached hydrogens (tertiary/aromatic N) is 5. The molecule has 22 heavy (non-hydrogen) atoms. The van der Waals surface area contributed by atoms with E-state index in [2.05, 4.69) is 30.3 Å². The van der Waals surface area contributed by atoms with E-state index in [1.54, 1.807) is 0 Å². The number of nitrogens with one attached hydrogen (secondary N) is 1. The molecule has 1 N–H and O–H groups in total. The molecule has 2 aromatic heterocycles. The highest BCUT2D eigenvalue weighted by atomic mass is 16.5. The van der Waals surface area contributed by atoms with Gasteiger partial charge in [-0.05, 0) is 26.3 Å². The molecule has 0 saturated carbocycles. The summed E-state index contributed by atoms with van der Waals surface area (Å²) in [6.07, 6.45) is 6.00. The van der Waals surface area contributed by atoms with Crippen LogP contribution in [0.2, 0.25) is 0 Å². The summed E-state index contributed by atoms with van der Waals surface area (Å²) in [4.78, 5) is 15.3. The molecule has 118 valence electrons. The maximum Gasteiger partial charge on any atom is 0.223 e. The number of aromatic nitrogens is 4. The van der Waals surface area contributed by atoms with Gasteiger partial charge in [-0.1, -0.05) is 5.16 Å². The molecule has 1 saturated heterocycles. The zero-order chi connectivity index (χ0) is 15.4. The van der Waals surface area contributed by atoms with Gasteiger partial charge in [-0.2, -0.15) is 4.98 Å². The summed E-state index contributed by atoms with van der Waals surface area (Å²) in [6.45, 7) is 7.35. The highest BCUT2D eigenvalue weighted by Crippen LogP contribution is 2.13. The van der Waals surface area contributed by atoms with Crippen molar-refractivity contribution < 1.29 is 4.52 Å². The number of likely N-dealkylation sites (tertiary alicyclic amines) is 1. The molecule has 2 aromatic rings. The van der Waals surface area contributed by atoms with Gasteiger partial charge in [0.1, 0.15) is 0 Å². The molecule has 1 unspecified atom stereocenters. The molecule has 7 nitrogen and oxygen atoms in total. The van der Waals surface area contributed by atoms with Crippen LogP contribution in [0.25, 0.3) is 0 Å². The minimum Gasteiger partial charge on any atom is -0.340 e. The summed E-state index contributed by atoms with van der Waals surface area (Å²) in [7, 11) is 0. The second kappa shape index (κ2) is 6.93. The lowest BCUT2D eigenvalue weighted by Crippen LogP contribution is -2.45. The van der Waals surface area contributed by atoms with Gasteiger partial charge in [0.15, 0.2) is 5.82 Å². The van der Waals surface area contributed by atoms with Gasteiger partial charge in [0.05, 0.1) is 17.9 Å². The summed E-state index contributed by atoms with van der Waals surface area (Å²) in [6, 6.07) is 0.463. The van der Waals surface area contributed by atoms with E-state index < -0.39 is 0 Å². The molecule has 0 aliphatic carbocycles. The SMILES string of the molecule is Cc1cnc(CNC2CCCN(Cc3noc(C)n3)C2)cn1. The molecular weight excluding hydrogens is 280 g/mol. The number of piperidine rings is 1. The highest BCUT2D eigenvalue weighted by Gasteiger charge is 2.21. The Labute approximate surface area is 130 Å². The fourth-order valence-electron chi connectivity index (χ4n) is 2.73. The quantitative estimate of drug-likeness (QED) is 0.889. The van der Waals surface area contributed by atoms with Crippen LogP contribution in [0.3, 0.4) is 0 Å². The summed E-state index contributed by atoms with van der Waals surface area (Å²) >= 11 is 0. The average molecular weight is 302 g/mol. The van der Waals surface area contributed by atoms with Gasteiger partial charge < -0.3 is 9.84 Å². The van der Waals surface area contributed by atoms with E-state index in [1.807, 2.05) is 26.2 Å². The maximum atomic E-state index is 5.03.